The van der Waals surface area contributed by atoms with Crippen molar-refractivity contribution in [1.29, 1.82) is 0 Å². The fraction of sp³-hybridized carbons (Fsp3) is 0.429. The summed E-state index contributed by atoms with van der Waals surface area (Å²) in [6.07, 6.45) is 2.67. The maximum absolute atomic E-state index is 12.1. The van der Waals surface area contributed by atoms with Crippen LogP contribution in [0.4, 0.5) is 0 Å². The number of hydrogen-bond acceptors (Lipinski definition) is 5. The van der Waals surface area contributed by atoms with Gasteiger partial charge in [-0.25, -0.2) is 4.79 Å². The Morgan fingerprint density at radius 1 is 1.55 bits per heavy atom. The Balaban J connectivity index is 1.97. The molecule has 2 heterocycles. The van der Waals surface area contributed by atoms with Crippen LogP contribution >= 0.6 is 11.3 Å². The standard InChI is InChI=1S/C14H17NO4S/c1-10-5-8-20-12(10)3-4-13(16)15-6-7-19-11(9-15)14(17)18-2/h3-5,8,11H,6-7,9H2,1-2H3/b4-3+. The van der Waals surface area contributed by atoms with E-state index < -0.39 is 12.1 Å². The number of morpholine rings is 1. The minimum absolute atomic E-state index is 0.116. The summed E-state index contributed by atoms with van der Waals surface area (Å²) >= 11 is 1.59. The van der Waals surface area contributed by atoms with Crippen molar-refractivity contribution < 1.29 is 19.1 Å². The first-order chi connectivity index (χ1) is 9.61. The fourth-order valence-electron chi connectivity index (χ4n) is 1.93. The van der Waals surface area contributed by atoms with E-state index in [1.165, 1.54) is 7.11 Å². The molecule has 5 nitrogen and oxygen atoms in total. The number of rotatable bonds is 3. The third kappa shape index (κ3) is 3.46. The minimum atomic E-state index is -0.686. The van der Waals surface area contributed by atoms with Gasteiger partial charge in [-0.05, 0) is 30.0 Å². The van der Waals surface area contributed by atoms with E-state index in [0.29, 0.717) is 13.2 Å². The number of carbonyl (C=O) groups excluding carboxylic acids is 2. The number of ether oxygens (including phenoxy) is 2. The summed E-state index contributed by atoms with van der Waals surface area (Å²) in [7, 11) is 1.31. The molecule has 0 bridgehead atoms. The molecule has 1 aliphatic heterocycles. The first-order valence-corrected chi connectivity index (χ1v) is 7.20. The normalized spacial score (nSPS) is 19.3. The van der Waals surface area contributed by atoms with Crippen LogP contribution in [0.2, 0.25) is 0 Å². The average Bonchev–Trinajstić information content (AvgIpc) is 2.89. The molecule has 0 spiro atoms. The minimum Gasteiger partial charge on any atom is -0.467 e. The molecule has 0 saturated carbocycles. The third-order valence-electron chi connectivity index (χ3n) is 3.12. The second kappa shape index (κ2) is 6.67. The molecule has 1 saturated heterocycles. The van der Waals surface area contributed by atoms with Gasteiger partial charge < -0.3 is 14.4 Å². The Bertz CT molecular complexity index is 523. The van der Waals surface area contributed by atoms with Crippen LogP contribution in [0, 0.1) is 6.92 Å². The van der Waals surface area contributed by atoms with Gasteiger partial charge in [-0.1, -0.05) is 0 Å². The topological polar surface area (TPSA) is 55.8 Å². The van der Waals surface area contributed by atoms with E-state index in [9.17, 15) is 9.59 Å². The van der Waals surface area contributed by atoms with Gasteiger partial charge in [0.2, 0.25) is 5.91 Å². The van der Waals surface area contributed by atoms with Crippen molar-refractivity contribution in [1.82, 2.24) is 4.90 Å². The monoisotopic (exact) mass is 295 g/mol. The number of esters is 1. The lowest BCUT2D eigenvalue weighted by Crippen LogP contribution is -2.48. The summed E-state index contributed by atoms with van der Waals surface area (Å²) < 4.78 is 9.92. The second-order valence-electron chi connectivity index (χ2n) is 4.47. The zero-order valence-corrected chi connectivity index (χ0v) is 12.3. The van der Waals surface area contributed by atoms with Gasteiger partial charge in [0.15, 0.2) is 6.10 Å². The predicted octanol–water partition coefficient (Wildman–Crippen LogP) is 1.47. The van der Waals surface area contributed by atoms with Gasteiger partial charge >= 0.3 is 5.97 Å². The van der Waals surface area contributed by atoms with E-state index in [-0.39, 0.29) is 12.5 Å². The van der Waals surface area contributed by atoms with Crippen molar-refractivity contribution in [2.24, 2.45) is 0 Å². The summed E-state index contributed by atoms with van der Waals surface area (Å²) in [6.45, 7) is 3.07. The van der Waals surface area contributed by atoms with Gasteiger partial charge in [-0.3, -0.25) is 4.79 Å². The molecular weight excluding hydrogens is 278 g/mol. The molecule has 0 aromatic carbocycles. The lowest BCUT2D eigenvalue weighted by molar-refractivity contribution is -0.161. The van der Waals surface area contributed by atoms with Gasteiger partial charge in [-0.15, -0.1) is 11.3 Å². The number of amides is 1. The predicted molar refractivity (Wildman–Crippen MR) is 76.4 cm³/mol. The summed E-state index contributed by atoms with van der Waals surface area (Å²) in [4.78, 5) is 26.2. The van der Waals surface area contributed by atoms with Gasteiger partial charge in [-0.2, -0.15) is 0 Å². The maximum atomic E-state index is 12.1. The van der Waals surface area contributed by atoms with Crippen molar-refractivity contribution in [2.45, 2.75) is 13.0 Å². The first-order valence-electron chi connectivity index (χ1n) is 6.32. The number of carbonyl (C=O) groups is 2. The van der Waals surface area contributed by atoms with E-state index in [2.05, 4.69) is 4.74 Å². The van der Waals surface area contributed by atoms with Crippen LogP contribution in [0.25, 0.3) is 6.08 Å². The summed E-state index contributed by atoms with van der Waals surface area (Å²) in [5.74, 6) is -0.560. The van der Waals surface area contributed by atoms with E-state index in [1.54, 1.807) is 22.3 Å². The van der Waals surface area contributed by atoms with Crippen molar-refractivity contribution in [3.05, 3.63) is 28.0 Å². The number of thiophene rings is 1. The highest BCUT2D eigenvalue weighted by Gasteiger charge is 2.28. The van der Waals surface area contributed by atoms with Gasteiger partial charge in [0.05, 0.1) is 20.3 Å². The van der Waals surface area contributed by atoms with Crippen molar-refractivity contribution >= 4 is 29.3 Å². The highest BCUT2D eigenvalue weighted by Crippen LogP contribution is 2.17. The van der Waals surface area contributed by atoms with Crippen LogP contribution in [0.1, 0.15) is 10.4 Å². The van der Waals surface area contributed by atoms with Crippen molar-refractivity contribution in [3.8, 4) is 0 Å². The molecule has 2 rings (SSSR count). The second-order valence-corrected chi connectivity index (χ2v) is 5.42. The average molecular weight is 295 g/mol. The number of methoxy groups -OCH3 is 1. The van der Waals surface area contributed by atoms with Gasteiger partial charge in [0.25, 0.3) is 0 Å². The number of aryl methyl sites for hydroxylation is 1. The molecule has 1 fully saturated rings. The molecule has 0 radical (unpaired) electrons. The van der Waals surface area contributed by atoms with Crippen LogP contribution in [0.3, 0.4) is 0 Å². The summed E-state index contributed by atoms with van der Waals surface area (Å²) in [5.41, 5.74) is 1.15. The summed E-state index contributed by atoms with van der Waals surface area (Å²) in [5, 5.41) is 1.99. The molecule has 0 N–H and O–H groups in total. The Kier molecular flexibility index (Phi) is 4.92. The molecule has 6 heteroatoms. The zero-order valence-electron chi connectivity index (χ0n) is 11.5. The van der Waals surface area contributed by atoms with E-state index in [4.69, 9.17) is 4.74 Å². The smallest absolute Gasteiger partial charge is 0.336 e. The van der Waals surface area contributed by atoms with Crippen molar-refractivity contribution in [3.63, 3.8) is 0 Å². The van der Waals surface area contributed by atoms with Crippen LogP contribution in [-0.2, 0) is 19.1 Å². The lowest BCUT2D eigenvalue weighted by atomic mass is 10.2. The summed E-state index contributed by atoms with van der Waals surface area (Å²) in [6, 6.07) is 2.01. The molecule has 1 aromatic heterocycles. The molecular formula is C14H17NO4S. The zero-order chi connectivity index (χ0) is 14.5. The Morgan fingerprint density at radius 2 is 2.35 bits per heavy atom. The molecule has 1 aliphatic rings. The van der Waals surface area contributed by atoms with E-state index >= 15 is 0 Å². The molecule has 108 valence electrons. The SMILES string of the molecule is COC(=O)C1CN(C(=O)/C=C/c2sccc2C)CCO1. The van der Waals surface area contributed by atoms with Gasteiger partial charge in [0.1, 0.15) is 0 Å². The molecule has 1 atom stereocenters. The van der Waals surface area contributed by atoms with E-state index in [0.717, 1.165) is 10.4 Å². The maximum Gasteiger partial charge on any atom is 0.336 e. The molecule has 1 unspecified atom stereocenters. The highest BCUT2D eigenvalue weighted by atomic mass is 32.1. The van der Waals surface area contributed by atoms with Crippen LogP contribution in [0.15, 0.2) is 17.5 Å². The third-order valence-corrected chi connectivity index (χ3v) is 4.11. The fourth-order valence-corrected chi connectivity index (χ4v) is 2.75. The van der Waals surface area contributed by atoms with Crippen LogP contribution in [0.5, 0.6) is 0 Å². The Morgan fingerprint density at radius 3 is 3.00 bits per heavy atom. The first kappa shape index (κ1) is 14.7. The van der Waals surface area contributed by atoms with Crippen molar-refractivity contribution in [2.75, 3.05) is 26.8 Å². The molecule has 1 aromatic rings. The molecule has 20 heavy (non-hydrogen) atoms. The van der Waals surface area contributed by atoms with Gasteiger partial charge in [0, 0.05) is 17.5 Å². The largest absolute Gasteiger partial charge is 0.467 e. The number of hydrogen-bond donors (Lipinski definition) is 0. The molecule has 0 aliphatic carbocycles. The Hall–Kier alpha value is -1.66. The molecule has 1 amide bonds. The van der Waals surface area contributed by atoms with Crippen LogP contribution < -0.4 is 0 Å². The Labute approximate surface area is 121 Å². The number of nitrogens with zero attached hydrogens (tertiary/aromatic N) is 1. The highest BCUT2D eigenvalue weighted by molar-refractivity contribution is 7.11. The van der Waals surface area contributed by atoms with E-state index in [1.807, 2.05) is 24.4 Å². The van der Waals surface area contributed by atoms with Crippen LogP contribution in [-0.4, -0.2) is 49.7 Å². The quantitative estimate of drug-likeness (QED) is 0.626. The lowest BCUT2D eigenvalue weighted by Gasteiger charge is -2.30.